The minimum Gasteiger partial charge on any atom is -0.383 e. The number of carbonyl (C=O) groups excluding carboxylic acids is 1. The van der Waals surface area contributed by atoms with E-state index in [0.29, 0.717) is 25.3 Å². The van der Waals surface area contributed by atoms with Gasteiger partial charge in [-0.25, -0.2) is 4.39 Å². The van der Waals surface area contributed by atoms with E-state index in [1.165, 1.54) is 6.07 Å². The number of rotatable bonds is 7. The predicted octanol–water partition coefficient (Wildman–Crippen LogP) is 0.986. The van der Waals surface area contributed by atoms with Crippen LogP contribution in [0.25, 0.3) is 0 Å². The van der Waals surface area contributed by atoms with E-state index >= 15 is 0 Å². The summed E-state index contributed by atoms with van der Waals surface area (Å²) in [5.41, 5.74) is 1.44. The standard InChI is InChI=1S/C13H19FN2O2/c1-10-3-4-11(7-12(10)14)8-15-9-13(17)16-5-6-18-2/h3-4,7,15H,5-6,8-9H2,1-2H3,(H,16,17). The van der Waals surface area contributed by atoms with Crippen LogP contribution < -0.4 is 10.6 Å². The molecule has 0 saturated carbocycles. The van der Waals surface area contributed by atoms with Gasteiger partial charge in [-0.15, -0.1) is 0 Å². The van der Waals surface area contributed by atoms with Crippen molar-refractivity contribution >= 4 is 5.91 Å². The summed E-state index contributed by atoms with van der Waals surface area (Å²) in [6.45, 7) is 3.38. The molecule has 0 bridgehead atoms. The van der Waals surface area contributed by atoms with Gasteiger partial charge in [-0.2, -0.15) is 0 Å². The molecule has 0 fully saturated rings. The highest BCUT2D eigenvalue weighted by molar-refractivity contribution is 5.77. The molecule has 2 N–H and O–H groups in total. The van der Waals surface area contributed by atoms with E-state index in [4.69, 9.17) is 4.74 Å². The van der Waals surface area contributed by atoms with Crippen LogP contribution in [0.1, 0.15) is 11.1 Å². The van der Waals surface area contributed by atoms with Gasteiger partial charge in [0.05, 0.1) is 13.2 Å². The molecular weight excluding hydrogens is 235 g/mol. The Balaban J connectivity index is 2.24. The van der Waals surface area contributed by atoms with Gasteiger partial charge in [0, 0.05) is 20.2 Å². The van der Waals surface area contributed by atoms with Crippen molar-refractivity contribution in [3.8, 4) is 0 Å². The molecule has 1 amide bonds. The molecule has 18 heavy (non-hydrogen) atoms. The summed E-state index contributed by atoms with van der Waals surface area (Å²) < 4.78 is 18.1. The van der Waals surface area contributed by atoms with Gasteiger partial charge in [0.25, 0.3) is 0 Å². The Labute approximate surface area is 107 Å². The lowest BCUT2D eigenvalue weighted by Crippen LogP contribution is -2.35. The number of benzene rings is 1. The normalized spacial score (nSPS) is 10.4. The minimum absolute atomic E-state index is 0.0976. The summed E-state index contributed by atoms with van der Waals surface area (Å²) in [6, 6.07) is 5.05. The molecule has 4 nitrogen and oxygen atoms in total. The molecule has 0 atom stereocenters. The zero-order valence-corrected chi connectivity index (χ0v) is 10.8. The third-order valence-corrected chi connectivity index (χ3v) is 2.48. The van der Waals surface area contributed by atoms with Crippen molar-refractivity contribution in [1.29, 1.82) is 0 Å². The van der Waals surface area contributed by atoms with E-state index < -0.39 is 0 Å². The van der Waals surface area contributed by atoms with Crippen molar-refractivity contribution in [3.05, 3.63) is 35.1 Å². The smallest absolute Gasteiger partial charge is 0.234 e. The van der Waals surface area contributed by atoms with Gasteiger partial charge in [0.1, 0.15) is 5.82 Å². The molecule has 0 saturated heterocycles. The maximum Gasteiger partial charge on any atom is 0.234 e. The van der Waals surface area contributed by atoms with E-state index in [2.05, 4.69) is 10.6 Å². The monoisotopic (exact) mass is 254 g/mol. The molecule has 1 aromatic rings. The second-order valence-corrected chi connectivity index (χ2v) is 4.03. The zero-order chi connectivity index (χ0) is 13.4. The fourth-order valence-electron chi connectivity index (χ4n) is 1.42. The first-order chi connectivity index (χ1) is 8.63. The molecule has 0 aromatic heterocycles. The molecule has 100 valence electrons. The first-order valence-corrected chi connectivity index (χ1v) is 5.85. The molecule has 0 aliphatic rings. The number of hydrogen-bond acceptors (Lipinski definition) is 3. The van der Waals surface area contributed by atoms with Crippen LogP contribution in [0.4, 0.5) is 4.39 Å². The topological polar surface area (TPSA) is 50.4 Å². The lowest BCUT2D eigenvalue weighted by atomic mass is 10.1. The van der Waals surface area contributed by atoms with Crippen LogP contribution in [-0.4, -0.2) is 32.7 Å². The van der Waals surface area contributed by atoms with Crippen molar-refractivity contribution in [2.75, 3.05) is 26.8 Å². The lowest BCUT2D eigenvalue weighted by Gasteiger charge is -2.07. The van der Waals surface area contributed by atoms with E-state index in [1.807, 2.05) is 6.07 Å². The maximum atomic E-state index is 13.2. The summed E-state index contributed by atoms with van der Waals surface area (Å²) in [7, 11) is 1.58. The van der Waals surface area contributed by atoms with Crippen LogP contribution in [0.2, 0.25) is 0 Å². The van der Waals surface area contributed by atoms with Gasteiger partial charge in [0.2, 0.25) is 5.91 Å². The highest BCUT2D eigenvalue weighted by Gasteiger charge is 2.02. The van der Waals surface area contributed by atoms with E-state index in [9.17, 15) is 9.18 Å². The summed E-state index contributed by atoms with van der Waals surface area (Å²) in [4.78, 5) is 11.3. The molecule has 0 aliphatic carbocycles. The van der Waals surface area contributed by atoms with Crippen LogP contribution in [0.5, 0.6) is 0 Å². The molecule has 1 rings (SSSR count). The second kappa shape index (κ2) is 7.79. The van der Waals surface area contributed by atoms with Crippen LogP contribution in [0, 0.1) is 12.7 Å². The van der Waals surface area contributed by atoms with Gasteiger partial charge in [-0.1, -0.05) is 12.1 Å². The summed E-state index contributed by atoms with van der Waals surface area (Å²) >= 11 is 0. The first-order valence-electron chi connectivity index (χ1n) is 5.85. The minimum atomic E-state index is -0.223. The zero-order valence-electron chi connectivity index (χ0n) is 10.8. The van der Waals surface area contributed by atoms with Crippen LogP contribution in [-0.2, 0) is 16.1 Å². The summed E-state index contributed by atoms with van der Waals surface area (Å²) in [5.74, 6) is -0.321. The van der Waals surface area contributed by atoms with E-state index in [1.54, 1.807) is 20.1 Å². The quantitative estimate of drug-likeness (QED) is 0.713. The van der Waals surface area contributed by atoms with Crippen molar-refractivity contribution in [2.45, 2.75) is 13.5 Å². The molecular formula is C13H19FN2O2. The third kappa shape index (κ3) is 5.25. The molecule has 0 unspecified atom stereocenters. The van der Waals surface area contributed by atoms with E-state index in [0.717, 1.165) is 5.56 Å². The SMILES string of the molecule is COCCNC(=O)CNCc1ccc(C)c(F)c1. The first kappa shape index (κ1) is 14.6. The Morgan fingerprint density at radius 1 is 1.44 bits per heavy atom. The lowest BCUT2D eigenvalue weighted by molar-refractivity contribution is -0.120. The number of nitrogens with one attached hydrogen (secondary N) is 2. The number of halogens is 1. The molecule has 0 aliphatic heterocycles. The van der Waals surface area contributed by atoms with Gasteiger partial charge >= 0.3 is 0 Å². The Kier molecular flexibility index (Phi) is 6.32. The summed E-state index contributed by atoms with van der Waals surface area (Å²) in [6.07, 6.45) is 0. The average Bonchev–Trinajstić information content (AvgIpc) is 2.34. The van der Waals surface area contributed by atoms with Crippen molar-refractivity contribution < 1.29 is 13.9 Å². The van der Waals surface area contributed by atoms with Gasteiger partial charge in [-0.05, 0) is 24.1 Å². The number of hydrogen-bond donors (Lipinski definition) is 2. The fraction of sp³-hybridized carbons (Fsp3) is 0.462. The third-order valence-electron chi connectivity index (χ3n) is 2.48. The van der Waals surface area contributed by atoms with Crippen molar-refractivity contribution in [2.24, 2.45) is 0 Å². The molecule has 1 aromatic carbocycles. The average molecular weight is 254 g/mol. The molecule has 5 heteroatoms. The number of amides is 1. The Bertz CT molecular complexity index is 397. The van der Waals surface area contributed by atoms with Gasteiger partial charge < -0.3 is 15.4 Å². The largest absolute Gasteiger partial charge is 0.383 e. The highest BCUT2D eigenvalue weighted by atomic mass is 19.1. The van der Waals surface area contributed by atoms with E-state index in [-0.39, 0.29) is 18.3 Å². The van der Waals surface area contributed by atoms with Crippen LogP contribution in [0.15, 0.2) is 18.2 Å². The van der Waals surface area contributed by atoms with Gasteiger partial charge in [-0.3, -0.25) is 4.79 Å². The Morgan fingerprint density at radius 2 is 2.22 bits per heavy atom. The fourth-order valence-corrected chi connectivity index (χ4v) is 1.42. The van der Waals surface area contributed by atoms with Crippen LogP contribution in [0.3, 0.4) is 0 Å². The number of aryl methyl sites for hydroxylation is 1. The van der Waals surface area contributed by atoms with Crippen molar-refractivity contribution in [3.63, 3.8) is 0 Å². The summed E-state index contributed by atoms with van der Waals surface area (Å²) in [5, 5.41) is 5.65. The Hall–Kier alpha value is -1.46. The highest BCUT2D eigenvalue weighted by Crippen LogP contribution is 2.08. The number of carbonyl (C=O) groups is 1. The predicted molar refractivity (Wildman–Crippen MR) is 67.7 cm³/mol. The molecule has 0 heterocycles. The molecule has 0 spiro atoms. The van der Waals surface area contributed by atoms with Gasteiger partial charge in [0.15, 0.2) is 0 Å². The maximum absolute atomic E-state index is 13.2. The second-order valence-electron chi connectivity index (χ2n) is 4.03. The van der Waals surface area contributed by atoms with Crippen LogP contribution >= 0.6 is 0 Å². The molecule has 0 radical (unpaired) electrons. The number of methoxy groups -OCH3 is 1. The number of ether oxygens (including phenoxy) is 1. The Morgan fingerprint density at radius 3 is 2.89 bits per heavy atom. The van der Waals surface area contributed by atoms with Crippen molar-refractivity contribution in [1.82, 2.24) is 10.6 Å².